The van der Waals surface area contributed by atoms with Crippen LogP contribution in [0.5, 0.6) is 0 Å². The van der Waals surface area contributed by atoms with E-state index in [0.717, 1.165) is 22.8 Å². The molecule has 2 N–H and O–H groups in total. The van der Waals surface area contributed by atoms with E-state index in [2.05, 4.69) is 24.1 Å². The molecule has 1 aromatic rings. The van der Waals surface area contributed by atoms with Crippen molar-refractivity contribution in [2.45, 2.75) is 50.6 Å². The highest BCUT2D eigenvalue weighted by molar-refractivity contribution is 6.31. The lowest BCUT2D eigenvalue weighted by atomic mass is 9.84. The molecule has 0 bridgehead atoms. The number of likely N-dealkylation sites (N-methyl/N-ethyl adjacent to an activating group) is 1. The van der Waals surface area contributed by atoms with Gasteiger partial charge in [0.2, 0.25) is 0 Å². The molecule has 108 valence electrons. The summed E-state index contributed by atoms with van der Waals surface area (Å²) in [4.78, 5) is 2.31. The number of aromatic nitrogens is 2. The molecule has 4 nitrogen and oxygen atoms in total. The first-order chi connectivity index (χ1) is 8.88. The second-order valence-electron chi connectivity index (χ2n) is 5.99. The van der Waals surface area contributed by atoms with Crippen LogP contribution in [-0.2, 0) is 13.5 Å². The van der Waals surface area contributed by atoms with E-state index < -0.39 is 0 Å². The van der Waals surface area contributed by atoms with Crippen LogP contribution in [0.4, 0.5) is 0 Å². The van der Waals surface area contributed by atoms with Crippen molar-refractivity contribution in [3.63, 3.8) is 0 Å². The molecule has 1 aromatic heterocycles. The molecule has 1 saturated carbocycles. The number of nitrogens with zero attached hydrogens (tertiary/aromatic N) is 3. The largest absolute Gasteiger partial charge is 0.326 e. The van der Waals surface area contributed by atoms with Gasteiger partial charge in [-0.3, -0.25) is 4.68 Å². The van der Waals surface area contributed by atoms with Crippen molar-refractivity contribution in [2.75, 3.05) is 14.1 Å². The molecule has 5 heteroatoms. The summed E-state index contributed by atoms with van der Waals surface area (Å²) in [6, 6.07) is 0.0947. The molecule has 0 radical (unpaired) electrons. The van der Waals surface area contributed by atoms with Gasteiger partial charge in [0.1, 0.15) is 0 Å². The lowest BCUT2D eigenvalue weighted by Crippen LogP contribution is -2.56. The van der Waals surface area contributed by atoms with E-state index in [0.29, 0.717) is 0 Å². The molecule has 1 aliphatic rings. The quantitative estimate of drug-likeness (QED) is 0.921. The summed E-state index contributed by atoms with van der Waals surface area (Å²) in [5.74, 6) is 0. The molecular formula is C14H25ClN4. The van der Waals surface area contributed by atoms with E-state index in [1.54, 1.807) is 0 Å². The molecule has 0 saturated heterocycles. The minimum absolute atomic E-state index is 0.0947. The molecule has 1 atom stereocenters. The second-order valence-corrected chi connectivity index (χ2v) is 6.36. The summed E-state index contributed by atoms with van der Waals surface area (Å²) in [5.41, 5.74) is 8.61. The maximum absolute atomic E-state index is 6.55. The average Bonchev–Trinajstić information content (AvgIpc) is 2.92. The summed E-state index contributed by atoms with van der Waals surface area (Å²) >= 11 is 6.34. The lowest BCUT2D eigenvalue weighted by Gasteiger charge is -2.41. The fourth-order valence-electron chi connectivity index (χ4n) is 3.44. The molecule has 0 amide bonds. The van der Waals surface area contributed by atoms with Crippen molar-refractivity contribution < 1.29 is 0 Å². The third kappa shape index (κ3) is 2.54. The monoisotopic (exact) mass is 284 g/mol. The Morgan fingerprint density at radius 2 is 2.00 bits per heavy atom. The van der Waals surface area contributed by atoms with Crippen LogP contribution in [-0.4, -0.2) is 40.4 Å². The third-order valence-corrected chi connectivity index (χ3v) is 5.22. The van der Waals surface area contributed by atoms with Crippen LogP contribution >= 0.6 is 11.6 Å². The van der Waals surface area contributed by atoms with E-state index >= 15 is 0 Å². The highest BCUT2D eigenvalue weighted by Gasteiger charge is 2.41. The first kappa shape index (κ1) is 14.8. The van der Waals surface area contributed by atoms with Crippen LogP contribution in [0.15, 0.2) is 0 Å². The van der Waals surface area contributed by atoms with Crippen LogP contribution in [0.2, 0.25) is 5.02 Å². The third-order valence-electron chi connectivity index (χ3n) is 4.73. The van der Waals surface area contributed by atoms with Crippen LogP contribution in [0.1, 0.15) is 37.1 Å². The number of rotatable bonds is 4. The fraction of sp³-hybridized carbons (Fsp3) is 0.786. The van der Waals surface area contributed by atoms with Gasteiger partial charge in [0.15, 0.2) is 0 Å². The highest BCUT2D eigenvalue weighted by Crippen LogP contribution is 2.37. The maximum Gasteiger partial charge on any atom is 0.0847 e. The van der Waals surface area contributed by atoms with E-state index in [-0.39, 0.29) is 11.6 Å². The van der Waals surface area contributed by atoms with Gasteiger partial charge in [-0.05, 0) is 33.9 Å². The number of hydrogen-bond donors (Lipinski definition) is 1. The van der Waals surface area contributed by atoms with Gasteiger partial charge in [0, 0.05) is 25.0 Å². The Balaban J connectivity index is 2.22. The fourth-order valence-corrected chi connectivity index (χ4v) is 3.67. The van der Waals surface area contributed by atoms with Crippen molar-refractivity contribution >= 4 is 11.6 Å². The minimum atomic E-state index is 0.0947. The van der Waals surface area contributed by atoms with Crippen molar-refractivity contribution in [2.24, 2.45) is 12.8 Å². The molecule has 19 heavy (non-hydrogen) atoms. The van der Waals surface area contributed by atoms with Crippen LogP contribution < -0.4 is 5.73 Å². The smallest absolute Gasteiger partial charge is 0.0847 e. The number of halogens is 1. The Bertz CT molecular complexity index is 447. The Hall–Kier alpha value is -0.580. The number of aryl methyl sites for hydroxylation is 2. The molecule has 1 heterocycles. The first-order valence-corrected chi connectivity index (χ1v) is 7.37. The molecule has 0 aromatic carbocycles. The SMILES string of the molecule is Cc1nn(C)c(CC(N)C2(N(C)C)CCCC2)c1Cl. The Kier molecular flexibility index (Phi) is 4.23. The summed E-state index contributed by atoms with van der Waals surface area (Å²) < 4.78 is 1.87. The molecule has 2 rings (SSSR count). The summed E-state index contributed by atoms with van der Waals surface area (Å²) in [6.07, 6.45) is 5.67. The van der Waals surface area contributed by atoms with Gasteiger partial charge < -0.3 is 10.6 Å². The summed E-state index contributed by atoms with van der Waals surface area (Å²) in [6.45, 7) is 1.94. The predicted octanol–water partition coefficient (Wildman–Crippen LogP) is 2.13. The van der Waals surface area contributed by atoms with E-state index in [1.165, 1.54) is 25.7 Å². The normalized spacial score (nSPS) is 20.2. The summed E-state index contributed by atoms with van der Waals surface area (Å²) in [7, 11) is 6.22. The molecule has 0 aliphatic heterocycles. The van der Waals surface area contributed by atoms with Crippen LogP contribution in [0.3, 0.4) is 0 Å². The second kappa shape index (κ2) is 5.43. The van der Waals surface area contributed by atoms with Gasteiger partial charge in [0.05, 0.1) is 16.4 Å². The van der Waals surface area contributed by atoms with Gasteiger partial charge in [-0.15, -0.1) is 0 Å². The standard InChI is InChI=1S/C14H25ClN4/c1-10-13(15)11(19(4)17-10)9-12(16)14(18(2)3)7-5-6-8-14/h12H,5-9,16H2,1-4H3. The predicted molar refractivity (Wildman–Crippen MR) is 79.5 cm³/mol. The Labute approximate surface area is 120 Å². The van der Waals surface area contributed by atoms with E-state index in [9.17, 15) is 0 Å². The van der Waals surface area contributed by atoms with Gasteiger partial charge in [-0.2, -0.15) is 5.10 Å². The van der Waals surface area contributed by atoms with Gasteiger partial charge >= 0.3 is 0 Å². The van der Waals surface area contributed by atoms with E-state index in [1.807, 2.05) is 18.7 Å². The molecular weight excluding hydrogens is 260 g/mol. The zero-order chi connectivity index (χ0) is 14.2. The summed E-state index contributed by atoms with van der Waals surface area (Å²) in [5, 5.41) is 5.14. The van der Waals surface area contributed by atoms with Crippen molar-refractivity contribution in [1.29, 1.82) is 0 Å². The maximum atomic E-state index is 6.55. The van der Waals surface area contributed by atoms with Gasteiger partial charge in [-0.1, -0.05) is 24.4 Å². The topological polar surface area (TPSA) is 47.1 Å². The van der Waals surface area contributed by atoms with Gasteiger partial charge in [-0.25, -0.2) is 0 Å². The zero-order valence-corrected chi connectivity index (χ0v) is 13.2. The van der Waals surface area contributed by atoms with Crippen LogP contribution in [0.25, 0.3) is 0 Å². The van der Waals surface area contributed by atoms with Crippen LogP contribution in [0, 0.1) is 6.92 Å². The van der Waals surface area contributed by atoms with Crippen molar-refractivity contribution in [3.05, 3.63) is 16.4 Å². The van der Waals surface area contributed by atoms with Crippen molar-refractivity contribution in [1.82, 2.24) is 14.7 Å². The number of nitrogens with two attached hydrogens (primary N) is 1. The molecule has 0 spiro atoms. The Morgan fingerprint density at radius 3 is 2.42 bits per heavy atom. The highest BCUT2D eigenvalue weighted by atomic mass is 35.5. The molecule has 1 fully saturated rings. The first-order valence-electron chi connectivity index (χ1n) is 6.99. The molecule has 1 unspecified atom stereocenters. The molecule has 1 aliphatic carbocycles. The van der Waals surface area contributed by atoms with E-state index in [4.69, 9.17) is 17.3 Å². The Morgan fingerprint density at radius 1 is 1.42 bits per heavy atom. The lowest BCUT2D eigenvalue weighted by molar-refractivity contribution is 0.122. The van der Waals surface area contributed by atoms with Gasteiger partial charge in [0.25, 0.3) is 0 Å². The number of hydrogen-bond acceptors (Lipinski definition) is 3. The zero-order valence-electron chi connectivity index (χ0n) is 12.4. The minimum Gasteiger partial charge on any atom is -0.326 e. The average molecular weight is 285 g/mol. The van der Waals surface area contributed by atoms with Crippen molar-refractivity contribution in [3.8, 4) is 0 Å².